The molecule has 0 saturated carbocycles. The van der Waals surface area contributed by atoms with Gasteiger partial charge in [0.2, 0.25) is 0 Å². The van der Waals surface area contributed by atoms with Crippen LogP contribution in [-0.4, -0.2) is 35.1 Å². The first-order chi connectivity index (χ1) is 8.70. The zero-order valence-electron chi connectivity index (χ0n) is 10.3. The minimum atomic E-state index is -4.44. The number of nitrogens with one attached hydrogen (secondary N) is 1. The smallest absolute Gasteiger partial charge is 0.748 e. The molecular formula is C8H8N3NaO7S. The minimum absolute atomic E-state index is 0. The summed E-state index contributed by atoms with van der Waals surface area (Å²) in [6.45, 7) is -0.329. The molecule has 0 atom stereocenters. The summed E-state index contributed by atoms with van der Waals surface area (Å²) in [6, 6.07) is 2.85. The number of rotatable bonds is 6. The molecule has 104 valence electrons. The fourth-order valence-electron chi connectivity index (χ4n) is 1.24. The molecule has 12 heteroatoms. The number of nitro groups is 2. The number of benzene rings is 1. The summed E-state index contributed by atoms with van der Waals surface area (Å²) in [7, 11) is -4.44. The Morgan fingerprint density at radius 2 is 1.75 bits per heavy atom. The normalized spacial score (nSPS) is 10.4. The second kappa shape index (κ2) is 7.50. The topological polar surface area (TPSA) is 156 Å². The molecule has 0 amide bonds. The maximum atomic E-state index is 10.7. The van der Waals surface area contributed by atoms with Crippen molar-refractivity contribution >= 4 is 27.2 Å². The monoisotopic (exact) mass is 313 g/mol. The van der Waals surface area contributed by atoms with Crippen molar-refractivity contribution in [2.24, 2.45) is 0 Å². The van der Waals surface area contributed by atoms with E-state index >= 15 is 0 Å². The predicted octanol–water partition coefficient (Wildman–Crippen LogP) is -2.54. The molecule has 0 aliphatic carbocycles. The third-order valence-electron chi connectivity index (χ3n) is 2.06. The summed E-state index contributed by atoms with van der Waals surface area (Å²) in [4.78, 5) is 19.6. The Hall–Kier alpha value is -1.27. The van der Waals surface area contributed by atoms with Crippen LogP contribution in [0.15, 0.2) is 18.2 Å². The van der Waals surface area contributed by atoms with Crippen molar-refractivity contribution in [3.05, 3.63) is 38.4 Å². The summed E-state index contributed by atoms with van der Waals surface area (Å²) >= 11 is 0. The molecular weight excluding hydrogens is 305 g/mol. The van der Waals surface area contributed by atoms with Gasteiger partial charge in [-0.25, -0.2) is 8.42 Å². The molecule has 1 aromatic carbocycles. The second-order valence-corrected chi connectivity index (χ2v) is 4.93. The molecule has 0 fully saturated rings. The summed E-state index contributed by atoms with van der Waals surface area (Å²) in [5.41, 5.74) is -1.13. The van der Waals surface area contributed by atoms with Crippen LogP contribution in [0.25, 0.3) is 0 Å². The van der Waals surface area contributed by atoms with Gasteiger partial charge in [0.05, 0.1) is 31.8 Å². The van der Waals surface area contributed by atoms with E-state index in [1.807, 2.05) is 0 Å². The van der Waals surface area contributed by atoms with E-state index in [9.17, 15) is 33.2 Å². The van der Waals surface area contributed by atoms with E-state index in [0.29, 0.717) is 0 Å². The first-order valence-corrected chi connectivity index (χ1v) is 6.39. The van der Waals surface area contributed by atoms with Gasteiger partial charge in [-0.2, -0.15) is 0 Å². The van der Waals surface area contributed by atoms with E-state index in [0.717, 1.165) is 18.2 Å². The molecule has 0 bridgehead atoms. The van der Waals surface area contributed by atoms with E-state index in [2.05, 4.69) is 5.32 Å². The second-order valence-electron chi connectivity index (χ2n) is 3.40. The van der Waals surface area contributed by atoms with Crippen LogP contribution < -0.4 is 34.9 Å². The van der Waals surface area contributed by atoms with Gasteiger partial charge in [-0.3, -0.25) is 20.2 Å². The average molecular weight is 313 g/mol. The number of hydrogen-bond acceptors (Lipinski definition) is 8. The maximum Gasteiger partial charge on any atom is 1.00 e. The Morgan fingerprint density at radius 1 is 1.15 bits per heavy atom. The van der Waals surface area contributed by atoms with E-state index in [4.69, 9.17) is 0 Å². The van der Waals surface area contributed by atoms with Gasteiger partial charge in [0.25, 0.3) is 11.4 Å². The zero-order chi connectivity index (χ0) is 14.6. The summed E-state index contributed by atoms with van der Waals surface area (Å²) < 4.78 is 31.1. The fourth-order valence-corrected chi connectivity index (χ4v) is 1.60. The van der Waals surface area contributed by atoms with Gasteiger partial charge >= 0.3 is 29.6 Å². The quantitative estimate of drug-likeness (QED) is 0.261. The molecule has 1 rings (SSSR count). The van der Waals surface area contributed by atoms with Crippen LogP contribution in [0.2, 0.25) is 0 Å². The Labute approximate surface area is 135 Å². The van der Waals surface area contributed by atoms with Crippen LogP contribution in [0.4, 0.5) is 17.1 Å². The van der Waals surface area contributed by atoms with Gasteiger partial charge in [-0.05, 0) is 6.07 Å². The third-order valence-corrected chi connectivity index (χ3v) is 2.76. The van der Waals surface area contributed by atoms with Gasteiger partial charge in [0.15, 0.2) is 0 Å². The van der Waals surface area contributed by atoms with Crippen molar-refractivity contribution < 1.29 is 52.4 Å². The molecule has 0 spiro atoms. The molecule has 1 N–H and O–H groups in total. The number of nitro benzene ring substituents is 2. The molecule has 1 aromatic rings. The molecule has 0 heterocycles. The van der Waals surface area contributed by atoms with Gasteiger partial charge in [0.1, 0.15) is 5.69 Å². The first kappa shape index (κ1) is 18.7. The maximum absolute atomic E-state index is 10.7. The van der Waals surface area contributed by atoms with E-state index in [-0.39, 0.29) is 41.8 Å². The number of non-ortho nitro benzene ring substituents is 1. The van der Waals surface area contributed by atoms with Crippen LogP contribution in [0, 0.1) is 20.2 Å². The first-order valence-electron chi connectivity index (χ1n) is 4.81. The van der Waals surface area contributed by atoms with Crippen molar-refractivity contribution in [1.82, 2.24) is 0 Å². The standard InChI is InChI=1S/C8H9N3O7S.Na/c12-10(13)6-1-2-7(8(5-6)11(14)15)9-3-4-19(16,17)18;/h1-2,5,9H,3-4H2,(H,16,17,18);/q;+1/p-1. The molecule has 10 nitrogen and oxygen atoms in total. The van der Waals surface area contributed by atoms with E-state index < -0.39 is 37.1 Å². The van der Waals surface area contributed by atoms with Crippen molar-refractivity contribution in [3.8, 4) is 0 Å². The Bertz CT molecular complexity index is 618. The fraction of sp³-hybridized carbons (Fsp3) is 0.250. The van der Waals surface area contributed by atoms with Gasteiger partial charge in [-0.15, -0.1) is 0 Å². The largest absolute Gasteiger partial charge is 1.00 e. The van der Waals surface area contributed by atoms with Crippen molar-refractivity contribution in [2.75, 3.05) is 17.6 Å². The number of anilines is 1. The molecule has 0 saturated heterocycles. The Morgan fingerprint density at radius 3 is 2.20 bits per heavy atom. The molecule has 0 unspecified atom stereocenters. The predicted molar refractivity (Wildman–Crippen MR) is 62.8 cm³/mol. The molecule has 0 aromatic heterocycles. The molecule has 20 heavy (non-hydrogen) atoms. The number of hydrogen-bond donors (Lipinski definition) is 1. The Balaban J connectivity index is 0.00000361. The van der Waals surface area contributed by atoms with E-state index in [1.165, 1.54) is 0 Å². The SMILES string of the molecule is O=[N+]([O-])c1ccc(NCCS(=O)(=O)[O-])c([N+](=O)[O-])c1.[Na+]. The van der Waals surface area contributed by atoms with Crippen molar-refractivity contribution in [1.29, 1.82) is 0 Å². The molecule has 0 aliphatic rings. The van der Waals surface area contributed by atoms with E-state index in [1.54, 1.807) is 0 Å². The zero-order valence-corrected chi connectivity index (χ0v) is 13.1. The Kier molecular flexibility index (Phi) is 7.02. The van der Waals surface area contributed by atoms with Crippen LogP contribution in [0.5, 0.6) is 0 Å². The van der Waals surface area contributed by atoms with Gasteiger partial charge in [0, 0.05) is 12.6 Å². The van der Waals surface area contributed by atoms with Crippen LogP contribution in [-0.2, 0) is 10.1 Å². The van der Waals surface area contributed by atoms with Crippen molar-refractivity contribution in [2.45, 2.75) is 0 Å². The van der Waals surface area contributed by atoms with Crippen LogP contribution in [0.3, 0.4) is 0 Å². The average Bonchev–Trinajstić information content (AvgIpc) is 2.27. The van der Waals surface area contributed by atoms with Gasteiger partial charge < -0.3 is 9.87 Å². The van der Waals surface area contributed by atoms with Gasteiger partial charge in [-0.1, -0.05) is 0 Å². The molecule has 0 aliphatic heterocycles. The summed E-state index contributed by atoms with van der Waals surface area (Å²) in [5.74, 6) is -0.749. The summed E-state index contributed by atoms with van der Waals surface area (Å²) in [6.07, 6.45) is 0. The number of nitrogens with zero attached hydrogens (tertiary/aromatic N) is 2. The molecule has 0 radical (unpaired) electrons. The van der Waals surface area contributed by atoms with Crippen LogP contribution >= 0.6 is 0 Å². The van der Waals surface area contributed by atoms with Crippen molar-refractivity contribution in [3.63, 3.8) is 0 Å². The minimum Gasteiger partial charge on any atom is -0.748 e. The third kappa shape index (κ3) is 5.79. The summed E-state index contributed by atoms with van der Waals surface area (Å²) in [5, 5.41) is 23.6. The van der Waals surface area contributed by atoms with Crippen LogP contribution in [0.1, 0.15) is 0 Å².